The first-order valence-corrected chi connectivity index (χ1v) is 16.3. The highest BCUT2D eigenvalue weighted by Gasteiger charge is 2.33. The van der Waals surface area contributed by atoms with Crippen LogP contribution in [0.2, 0.25) is 0 Å². The van der Waals surface area contributed by atoms with E-state index in [2.05, 4.69) is 44.8 Å². The molecule has 3 rings (SSSR count). The number of carbonyl (C=O) groups excluding carboxylic acids is 1. The van der Waals surface area contributed by atoms with E-state index in [0.29, 0.717) is 47.4 Å². The van der Waals surface area contributed by atoms with Crippen LogP contribution in [0.4, 0.5) is 0 Å². The van der Waals surface area contributed by atoms with E-state index in [0.717, 1.165) is 19.3 Å². The third-order valence-corrected chi connectivity index (χ3v) is 10.7. The standard InChI is InChI=1S/C28H44N4O4S2/c1-8-21(7)32-27(22-12-11-13-23(17-22)38(34,35)31(9-2)10-3)29-30-28(32)37-18-26(33)36-25-16-20(6)14-15-24(25)19(4)5/h11-13,17,19-21,24-25H,8-10,14-16,18H2,1-7H3/t20-,21-,24+,25+/m0/s1. The molecule has 1 aromatic heterocycles. The second kappa shape index (κ2) is 13.4. The van der Waals surface area contributed by atoms with Gasteiger partial charge in [-0.3, -0.25) is 9.36 Å². The van der Waals surface area contributed by atoms with Gasteiger partial charge in [-0.05, 0) is 56.1 Å². The van der Waals surface area contributed by atoms with Crippen LogP contribution in [-0.4, -0.2) is 58.4 Å². The molecule has 1 aliphatic carbocycles. The second-order valence-electron chi connectivity index (χ2n) is 10.7. The summed E-state index contributed by atoms with van der Waals surface area (Å²) in [6, 6.07) is 6.93. The fraction of sp³-hybridized carbons (Fsp3) is 0.679. The Bertz CT molecular complexity index is 1180. The van der Waals surface area contributed by atoms with E-state index >= 15 is 0 Å². The summed E-state index contributed by atoms with van der Waals surface area (Å²) in [6.07, 6.45) is 3.99. The van der Waals surface area contributed by atoms with Gasteiger partial charge in [-0.15, -0.1) is 10.2 Å². The SMILES string of the molecule is CC[C@H](C)n1c(SCC(=O)O[C@@H]2C[C@@H](C)CC[C@@H]2C(C)C)nnc1-c1cccc(S(=O)(=O)N(CC)CC)c1. The van der Waals surface area contributed by atoms with E-state index in [4.69, 9.17) is 4.74 Å². The molecule has 0 N–H and O–H groups in total. The van der Waals surface area contributed by atoms with Crippen LogP contribution in [0.15, 0.2) is 34.3 Å². The number of hydrogen-bond donors (Lipinski definition) is 0. The Morgan fingerprint density at radius 1 is 1.16 bits per heavy atom. The fourth-order valence-corrected chi connectivity index (χ4v) is 7.56. The molecule has 4 atom stereocenters. The zero-order valence-corrected chi connectivity index (χ0v) is 25.5. The molecule has 0 bridgehead atoms. The van der Waals surface area contributed by atoms with Crippen LogP contribution in [0.25, 0.3) is 11.4 Å². The van der Waals surface area contributed by atoms with Crippen molar-refractivity contribution < 1.29 is 17.9 Å². The van der Waals surface area contributed by atoms with Gasteiger partial charge in [-0.1, -0.05) is 71.9 Å². The average Bonchev–Trinajstić information content (AvgIpc) is 3.31. The van der Waals surface area contributed by atoms with Crippen molar-refractivity contribution in [3.63, 3.8) is 0 Å². The molecule has 0 spiro atoms. The first-order valence-electron chi connectivity index (χ1n) is 13.9. The van der Waals surface area contributed by atoms with Crippen molar-refractivity contribution >= 4 is 27.8 Å². The van der Waals surface area contributed by atoms with Crippen LogP contribution in [-0.2, 0) is 19.6 Å². The van der Waals surface area contributed by atoms with Crippen molar-refractivity contribution in [3.8, 4) is 11.4 Å². The van der Waals surface area contributed by atoms with Crippen molar-refractivity contribution in [3.05, 3.63) is 24.3 Å². The quantitative estimate of drug-likeness (QED) is 0.229. The molecule has 1 aliphatic rings. The molecule has 212 valence electrons. The normalized spacial score (nSPS) is 21.1. The van der Waals surface area contributed by atoms with E-state index in [1.165, 1.54) is 22.5 Å². The van der Waals surface area contributed by atoms with Crippen LogP contribution in [0.1, 0.15) is 80.2 Å². The lowest BCUT2D eigenvalue weighted by atomic mass is 9.75. The molecule has 10 heteroatoms. The molecule has 1 fully saturated rings. The van der Waals surface area contributed by atoms with Gasteiger partial charge in [-0.25, -0.2) is 8.42 Å². The van der Waals surface area contributed by atoms with E-state index < -0.39 is 10.0 Å². The highest BCUT2D eigenvalue weighted by atomic mass is 32.2. The molecule has 38 heavy (non-hydrogen) atoms. The van der Waals surface area contributed by atoms with Crippen molar-refractivity contribution in [2.24, 2.45) is 17.8 Å². The van der Waals surface area contributed by atoms with Crippen molar-refractivity contribution in [1.82, 2.24) is 19.1 Å². The number of sulfonamides is 1. The molecule has 1 saturated carbocycles. The topological polar surface area (TPSA) is 94.4 Å². The van der Waals surface area contributed by atoms with Crippen LogP contribution in [0.3, 0.4) is 0 Å². The number of esters is 1. The van der Waals surface area contributed by atoms with E-state index in [1.807, 2.05) is 24.5 Å². The number of carbonyl (C=O) groups is 1. The number of thioether (sulfide) groups is 1. The summed E-state index contributed by atoms with van der Waals surface area (Å²) in [4.78, 5) is 13.1. The summed E-state index contributed by atoms with van der Waals surface area (Å²) in [5, 5.41) is 9.46. The van der Waals surface area contributed by atoms with Crippen molar-refractivity contribution in [2.75, 3.05) is 18.8 Å². The number of rotatable bonds is 12. The van der Waals surface area contributed by atoms with Crippen LogP contribution in [0.5, 0.6) is 0 Å². The molecule has 1 heterocycles. The highest BCUT2D eigenvalue weighted by molar-refractivity contribution is 7.99. The number of nitrogens with zero attached hydrogens (tertiary/aromatic N) is 4. The molecule has 0 radical (unpaired) electrons. The maximum Gasteiger partial charge on any atom is 0.316 e. The maximum atomic E-state index is 13.1. The van der Waals surface area contributed by atoms with Crippen LogP contribution < -0.4 is 0 Å². The summed E-state index contributed by atoms with van der Waals surface area (Å²) in [5.74, 6) is 1.95. The number of benzene rings is 1. The molecular formula is C28H44N4O4S2. The minimum atomic E-state index is -3.60. The summed E-state index contributed by atoms with van der Waals surface area (Å²) in [7, 11) is -3.60. The van der Waals surface area contributed by atoms with Crippen molar-refractivity contribution in [2.45, 2.75) is 96.3 Å². The lowest BCUT2D eigenvalue weighted by Crippen LogP contribution is -2.36. The van der Waals surface area contributed by atoms with Crippen LogP contribution in [0, 0.1) is 17.8 Å². The Balaban J connectivity index is 1.82. The molecule has 0 saturated heterocycles. The molecule has 8 nitrogen and oxygen atoms in total. The summed E-state index contributed by atoms with van der Waals surface area (Å²) in [5.41, 5.74) is 0.677. The largest absolute Gasteiger partial charge is 0.461 e. The van der Waals surface area contributed by atoms with E-state index in [-0.39, 0.29) is 28.8 Å². The molecule has 0 aliphatic heterocycles. The first kappa shape index (κ1) is 30.6. The number of aromatic nitrogens is 3. The summed E-state index contributed by atoms with van der Waals surface area (Å²) < 4.78 is 35.6. The Kier molecular flexibility index (Phi) is 10.8. The Morgan fingerprint density at radius 3 is 2.50 bits per heavy atom. The third kappa shape index (κ3) is 6.99. The predicted molar refractivity (Wildman–Crippen MR) is 153 cm³/mol. The highest BCUT2D eigenvalue weighted by Crippen LogP contribution is 2.36. The monoisotopic (exact) mass is 564 g/mol. The van der Waals surface area contributed by atoms with E-state index in [9.17, 15) is 13.2 Å². The van der Waals surface area contributed by atoms with Gasteiger partial charge < -0.3 is 4.74 Å². The molecule has 1 aromatic carbocycles. The minimum absolute atomic E-state index is 0.0367. The third-order valence-electron chi connectivity index (χ3n) is 7.69. The average molecular weight is 565 g/mol. The predicted octanol–water partition coefficient (Wildman–Crippen LogP) is 6.04. The summed E-state index contributed by atoms with van der Waals surface area (Å²) >= 11 is 1.32. The van der Waals surface area contributed by atoms with Gasteiger partial charge >= 0.3 is 5.97 Å². The van der Waals surface area contributed by atoms with Gasteiger partial charge in [0.1, 0.15) is 6.10 Å². The summed E-state index contributed by atoms with van der Waals surface area (Å²) in [6.45, 7) is 15.2. The van der Waals surface area contributed by atoms with Crippen molar-refractivity contribution in [1.29, 1.82) is 0 Å². The minimum Gasteiger partial charge on any atom is -0.461 e. The Labute approximate surface area is 233 Å². The maximum absolute atomic E-state index is 13.1. The smallest absolute Gasteiger partial charge is 0.316 e. The van der Waals surface area contributed by atoms with Gasteiger partial charge in [0.15, 0.2) is 11.0 Å². The van der Waals surface area contributed by atoms with Gasteiger partial charge in [0.2, 0.25) is 10.0 Å². The molecular weight excluding hydrogens is 520 g/mol. The van der Waals surface area contributed by atoms with Gasteiger partial charge in [0, 0.05) is 24.7 Å². The zero-order chi connectivity index (χ0) is 28.0. The van der Waals surface area contributed by atoms with Crippen LogP contribution >= 0.6 is 11.8 Å². The van der Waals surface area contributed by atoms with Gasteiger partial charge in [0.05, 0.1) is 10.6 Å². The first-order chi connectivity index (χ1) is 18.0. The molecule has 0 amide bonds. The lowest BCUT2D eigenvalue weighted by molar-refractivity contribution is -0.152. The fourth-order valence-electron chi connectivity index (χ4n) is 5.24. The van der Waals surface area contributed by atoms with E-state index in [1.54, 1.807) is 18.2 Å². The van der Waals surface area contributed by atoms with Gasteiger partial charge in [0.25, 0.3) is 0 Å². The Hall–Kier alpha value is -1.91. The number of hydrogen-bond acceptors (Lipinski definition) is 7. The van der Waals surface area contributed by atoms with Gasteiger partial charge in [-0.2, -0.15) is 4.31 Å². The Morgan fingerprint density at radius 2 is 1.87 bits per heavy atom. The second-order valence-corrected chi connectivity index (χ2v) is 13.6. The molecule has 2 aromatic rings. The molecule has 0 unspecified atom stereocenters. The number of ether oxygens (including phenoxy) is 1. The lowest BCUT2D eigenvalue weighted by Gasteiger charge is -2.36. The zero-order valence-electron chi connectivity index (χ0n) is 23.9.